The van der Waals surface area contributed by atoms with Crippen LogP contribution in [0.1, 0.15) is 43.7 Å². The molecule has 0 bridgehead atoms. The first-order valence-corrected chi connectivity index (χ1v) is 10.5. The second-order valence-corrected chi connectivity index (χ2v) is 7.45. The quantitative estimate of drug-likeness (QED) is 0.712. The molecule has 6 nitrogen and oxygen atoms in total. The first-order chi connectivity index (χ1) is 14.6. The maximum atomic E-state index is 11.4. The minimum Gasteiger partial charge on any atom is -0.494 e. The van der Waals surface area contributed by atoms with E-state index in [4.69, 9.17) is 14.7 Å². The van der Waals surface area contributed by atoms with Gasteiger partial charge in [-0.1, -0.05) is 18.2 Å². The third kappa shape index (κ3) is 5.74. The van der Waals surface area contributed by atoms with E-state index in [1.165, 1.54) is 0 Å². The molecule has 1 aliphatic rings. The van der Waals surface area contributed by atoms with Crippen LogP contribution in [0.3, 0.4) is 0 Å². The van der Waals surface area contributed by atoms with Gasteiger partial charge in [0.05, 0.1) is 18.2 Å². The van der Waals surface area contributed by atoms with E-state index in [2.05, 4.69) is 28.8 Å². The summed E-state index contributed by atoms with van der Waals surface area (Å²) in [5.41, 5.74) is 3.94. The van der Waals surface area contributed by atoms with Crippen molar-refractivity contribution in [1.29, 1.82) is 5.26 Å². The predicted molar refractivity (Wildman–Crippen MR) is 116 cm³/mol. The largest absolute Gasteiger partial charge is 0.494 e. The van der Waals surface area contributed by atoms with Gasteiger partial charge in [-0.05, 0) is 68.0 Å². The van der Waals surface area contributed by atoms with E-state index in [0.29, 0.717) is 24.8 Å². The van der Waals surface area contributed by atoms with Gasteiger partial charge in [0.2, 0.25) is 0 Å². The summed E-state index contributed by atoms with van der Waals surface area (Å²) in [6.45, 7) is 3.32. The van der Waals surface area contributed by atoms with Crippen LogP contribution in [0.2, 0.25) is 0 Å². The number of hydrogen-bond donors (Lipinski definition) is 2. The highest BCUT2D eigenvalue weighted by Crippen LogP contribution is 2.28. The Morgan fingerprint density at radius 2 is 1.80 bits per heavy atom. The Morgan fingerprint density at radius 3 is 2.43 bits per heavy atom. The fourth-order valence-corrected chi connectivity index (χ4v) is 3.78. The molecule has 2 aromatic rings. The summed E-state index contributed by atoms with van der Waals surface area (Å²) >= 11 is 0. The smallest absolute Gasteiger partial charge is 0.407 e. The number of nitriles is 1. The van der Waals surface area contributed by atoms with Crippen LogP contribution in [0.25, 0.3) is 11.1 Å². The highest BCUT2D eigenvalue weighted by Gasteiger charge is 2.23. The molecule has 158 valence electrons. The fourth-order valence-electron chi connectivity index (χ4n) is 3.78. The lowest BCUT2D eigenvalue weighted by molar-refractivity contribution is 0.0701. The third-order valence-electron chi connectivity index (χ3n) is 5.44. The number of carbonyl (C=O) groups is 1. The van der Waals surface area contributed by atoms with Gasteiger partial charge in [-0.2, -0.15) is 5.26 Å². The van der Waals surface area contributed by atoms with Crippen molar-refractivity contribution in [3.8, 4) is 22.9 Å². The van der Waals surface area contributed by atoms with Crippen LogP contribution >= 0.6 is 0 Å². The molecule has 1 amide bonds. The molecular weight excluding hydrogens is 378 g/mol. The summed E-state index contributed by atoms with van der Waals surface area (Å²) in [5, 5.41) is 15.2. The second-order valence-electron chi connectivity index (χ2n) is 7.45. The van der Waals surface area contributed by atoms with E-state index in [9.17, 15) is 4.79 Å². The highest BCUT2D eigenvalue weighted by atomic mass is 16.6. The summed E-state index contributed by atoms with van der Waals surface area (Å²) in [4.78, 5) is 11.4. The third-order valence-corrected chi connectivity index (χ3v) is 5.44. The SMILES string of the molecule is CCOc1ccc(-c2ccc(C#N)cc2)cc1CNC1CCC(OC(=O)NC)CC1. The van der Waals surface area contributed by atoms with Crippen molar-refractivity contribution in [3.63, 3.8) is 0 Å². The minimum absolute atomic E-state index is 0.00157. The van der Waals surface area contributed by atoms with Crippen molar-refractivity contribution >= 4 is 6.09 Å². The molecule has 2 N–H and O–H groups in total. The standard InChI is InChI=1S/C24H29N3O3/c1-3-29-23-13-8-19(18-6-4-17(15-25)5-7-18)14-20(23)16-27-21-9-11-22(12-10-21)30-24(28)26-2/h4-8,13-14,21-22,27H,3,9-12,16H2,1-2H3,(H,26,28). The zero-order valence-electron chi connectivity index (χ0n) is 17.6. The fraction of sp³-hybridized carbons (Fsp3) is 0.417. The number of carbonyl (C=O) groups excluding carboxylic acids is 1. The lowest BCUT2D eigenvalue weighted by atomic mass is 9.92. The number of benzene rings is 2. The lowest BCUT2D eigenvalue weighted by Gasteiger charge is -2.29. The number of alkyl carbamates (subject to hydrolysis) is 1. The summed E-state index contributed by atoms with van der Waals surface area (Å²) in [6, 6.07) is 16.4. The van der Waals surface area contributed by atoms with Gasteiger partial charge in [-0.25, -0.2) is 4.79 Å². The number of amides is 1. The van der Waals surface area contributed by atoms with Crippen molar-refractivity contribution in [2.45, 2.75) is 51.3 Å². The van der Waals surface area contributed by atoms with E-state index in [0.717, 1.165) is 48.1 Å². The molecule has 1 aliphatic carbocycles. The van der Waals surface area contributed by atoms with Crippen LogP contribution in [0.15, 0.2) is 42.5 Å². The van der Waals surface area contributed by atoms with Gasteiger partial charge >= 0.3 is 6.09 Å². The topological polar surface area (TPSA) is 83.4 Å². The Balaban J connectivity index is 1.64. The Kier molecular flexibility index (Phi) is 7.69. The maximum Gasteiger partial charge on any atom is 0.407 e. The normalized spacial score (nSPS) is 18.3. The number of nitrogens with zero attached hydrogens (tertiary/aromatic N) is 1. The van der Waals surface area contributed by atoms with Crippen molar-refractivity contribution in [2.75, 3.05) is 13.7 Å². The summed E-state index contributed by atoms with van der Waals surface area (Å²) in [6.07, 6.45) is 3.33. The van der Waals surface area contributed by atoms with E-state index < -0.39 is 0 Å². The summed E-state index contributed by atoms with van der Waals surface area (Å²) in [5.74, 6) is 0.888. The molecular formula is C24H29N3O3. The molecule has 6 heteroatoms. The van der Waals surface area contributed by atoms with Crippen molar-refractivity contribution < 1.29 is 14.3 Å². The van der Waals surface area contributed by atoms with Crippen LogP contribution in [0, 0.1) is 11.3 Å². The van der Waals surface area contributed by atoms with Crippen molar-refractivity contribution in [1.82, 2.24) is 10.6 Å². The molecule has 0 aliphatic heterocycles. The average molecular weight is 408 g/mol. The molecule has 0 unspecified atom stereocenters. The molecule has 1 saturated carbocycles. The first-order valence-electron chi connectivity index (χ1n) is 10.5. The number of hydrogen-bond acceptors (Lipinski definition) is 5. The second kappa shape index (κ2) is 10.7. The van der Waals surface area contributed by atoms with Crippen LogP contribution < -0.4 is 15.4 Å². The van der Waals surface area contributed by atoms with Crippen LogP contribution in [0.4, 0.5) is 4.79 Å². The Labute approximate surface area is 178 Å². The van der Waals surface area contributed by atoms with E-state index in [1.807, 2.05) is 37.3 Å². The zero-order chi connectivity index (χ0) is 21.3. The molecule has 3 rings (SSSR count). The predicted octanol–water partition coefficient (Wildman–Crippen LogP) is 4.38. The van der Waals surface area contributed by atoms with Crippen molar-refractivity contribution in [2.24, 2.45) is 0 Å². The maximum absolute atomic E-state index is 11.4. The van der Waals surface area contributed by atoms with Crippen LogP contribution in [-0.2, 0) is 11.3 Å². The lowest BCUT2D eigenvalue weighted by Crippen LogP contribution is -2.36. The molecule has 0 heterocycles. The van der Waals surface area contributed by atoms with Gasteiger partial charge in [0.15, 0.2) is 0 Å². The van der Waals surface area contributed by atoms with Gasteiger partial charge in [-0.15, -0.1) is 0 Å². The molecule has 0 atom stereocenters. The monoisotopic (exact) mass is 407 g/mol. The summed E-state index contributed by atoms with van der Waals surface area (Å²) < 4.78 is 11.2. The van der Waals surface area contributed by atoms with Gasteiger partial charge < -0.3 is 20.1 Å². The van der Waals surface area contributed by atoms with Crippen molar-refractivity contribution in [3.05, 3.63) is 53.6 Å². The number of rotatable bonds is 7. The minimum atomic E-state index is -0.354. The van der Waals surface area contributed by atoms with Crippen LogP contribution in [0.5, 0.6) is 5.75 Å². The molecule has 0 saturated heterocycles. The van der Waals surface area contributed by atoms with Gasteiger partial charge in [0.1, 0.15) is 11.9 Å². The molecule has 30 heavy (non-hydrogen) atoms. The summed E-state index contributed by atoms with van der Waals surface area (Å²) in [7, 11) is 1.58. The number of ether oxygens (including phenoxy) is 2. The van der Waals surface area contributed by atoms with Gasteiger partial charge in [0, 0.05) is 25.2 Å². The molecule has 0 spiro atoms. The van der Waals surface area contributed by atoms with Gasteiger partial charge in [0.25, 0.3) is 0 Å². The Morgan fingerprint density at radius 1 is 1.10 bits per heavy atom. The Bertz CT molecular complexity index is 882. The molecule has 1 fully saturated rings. The molecule has 0 radical (unpaired) electrons. The van der Waals surface area contributed by atoms with Gasteiger partial charge in [-0.3, -0.25) is 0 Å². The highest BCUT2D eigenvalue weighted by molar-refractivity contribution is 5.67. The van der Waals surface area contributed by atoms with Crippen LogP contribution in [-0.4, -0.2) is 31.9 Å². The van der Waals surface area contributed by atoms with E-state index in [1.54, 1.807) is 7.05 Å². The average Bonchev–Trinajstić information content (AvgIpc) is 2.79. The van der Waals surface area contributed by atoms with E-state index >= 15 is 0 Å². The first kappa shape index (κ1) is 21.7. The Hall–Kier alpha value is -3.04. The zero-order valence-corrected chi connectivity index (χ0v) is 17.6. The number of nitrogens with one attached hydrogen (secondary N) is 2. The molecule has 2 aromatic carbocycles. The van der Waals surface area contributed by atoms with E-state index in [-0.39, 0.29) is 12.2 Å². The molecule has 0 aromatic heterocycles.